The number of rotatable bonds is 9. The quantitative estimate of drug-likeness (QED) is 0.354. The van der Waals surface area contributed by atoms with Crippen LogP contribution in [0.3, 0.4) is 0 Å². The molecule has 0 unspecified atom stereocenters. The molecule has 2 aromatic heterocycles. The molecule has 1 aromatic carbocycles. The lowest BCUT2D eigenvalue weighted by atomic mass is 10.0. The highest BCUT2D eigenvalue weighted by Crippen LogP contribution is 2.40. The van der Waals surface area contributed by atoms with E-state index in [2.05, 4.69) is 43.0 Å². The molecule has 0 radical (unpaired) electrons. The zero-order chi connectivity index (χ0) is 28.3. The number of hydrogen-bond acceptors (Lipinski definition) is 11. The number of amides is 1. The zero-order valence-electron chi connectivity index (χ0n) is 24.0. The molecule has 0 spiro atoms. The van der Waals surface area contributed by atoms with E-state index in [1.54, 1.807) is 25.3 Å². The van der Waals surface area contributed by atoms with Crippen LogP contribution in [0.2, 0.25) is 0 Å². The summed E-state index contributed by atoms with van der Waals surface area (Å²) in [5.74, 6) is 2.94. The van der Waals surface area contributed by atoms with Crippen molar-refractivity contribution in [1.82, 2.24) is 30.8 Å². The summed E-state index contributed by atoms with van der Waals surface area (Å²) in [7, 11) is 3.43. The van der Waals surface area contributed by atoms with Crippen LogP contribution in [0.1, 0.15) is 57.8 Å². The molecule has 1 saturated carbocycles. The van der Waals surface area contributed by atoms with Gasteiger partial charge in [0.25, 0.3) is 0 Å². The Labute approximate surface area is 240 Å². The standard InChI is InChI=1S/C29H39N9O3/c1-4-22-28(39)37(2)23-16-32-29(34-26(23)38(22)20-7-5-6-8-20)33-21-10-9-18(15-24(21)40-3)27-36-35-25(41-27)17-31-19-11-13-30-14-12-19/h9-10,15-16,19-20,22,30-31H,4-8,11-14,17H2,1-3H3,(H,32,33,34)/t22-/m1/s1. The van der Waals surface area contributed by atoms with Crippen molar-refractivity contribution in [2.75, 3.05) is 42.4 Å². The van der Waals surface area contributed by atoms with Gasteiger partial charge in [-0.15, -0.1) is 10.2 Å². The topological polar surface area (TPSA) is 134 Å². The Morgan fingerprint density at radius 2 is 1.95 bits per heavy atom. The van der Waals surface area contributed by atoms with E-state index < -0.39 is 0 Å². The Balaban J connectivity index is 1.21. The van der Waals surface area contributed by atoms with Crippen LogP contribution in [0.25, 0.3) is 11.5 Å². The van der Waals surface area contributed by atoms with Crippen molar-refractivity contribution >= 4 is 29.0 Å². The second kappa shape index (κ2) is 12.0. The molecule has 41 heavy (non-hydrogen) atoms. The molecule has 2 fully saturated rings. The minimum atomic E-state index is -0.221. The fraction of sp³-hybridized carbons (Fsp3) is 0.552. The van der Waals surface area contributed by atoms with E-state index in [4.69, 9.17) is 14.1 Å². The molecule has 1 aliphatic carbocycles. The van der Waals surface area contributed by atoms with E-state index in [1.165, 1.54) is 12.8 Å². The van der Waals surface area contributed by atoms with Crippen molar-refractivity contribution in [2.45, 2.75) is 76.5 Å². The summed E-state index contributed by atoms with van der Waals surface area (Å²) >= 11 is 0. The first kappa shape index (κ1) is 27.4. The van der Waals surface area contributed by atoms with Gasteiger partial charge in [0, 0.05) is 24.7 Å². The highest BCUT2D eigenvalue weighted by atomic mass is 16.5. The van der Waals surface area contributed by atoms with E-state index >= 15 is 0 Å². The molecule has 1 atom stereocenters. The van der Waals surface area contributed by atoms with Gasteiger partial charge in [0.1, 0.15) is 17.5 Å². The highest BCUT2D eigenvalue weighted by molar-refractivity contribution is 6.04. The lowest BCUT2D eigenvalue weighted by Gasteiger charge is -2.43. The molecule has 12 heteroatoms. The van der Waals surface area contributed by atoms with Gasteiger partial charge >= 0.3 is 0 Å². The predicted octanol–water partition coefficient (Wildman–Crippen LogP) is 3.62. The molecule has 0 bridgehead atoms. The van der Waals surface area contributed by atoms with Crippen molar-refractivity contribution in [3.63, 3.8) is 0 Å². The van der Waals surface area contributed by atoms with E-state index in [0.29, 0.717) is 47.8 Å². The first-order valence-corrected chi connectivity index (χ1v) is 14.7. The average molecular weight is 562 g/mol. The van der Waals surface area contributed by atoms with Crippen LogP contribution in [-0.2, 0) is 11.3 Å². The van der Waals surface area contributed by atoms with Crippen molar-refractivity contribution in [3.8, 4) is 17.2 Å². The minimum Gasteiger partial charge on any atom is -0.495 e. The predicted molar refractivity (Wildman–Crippen MR) is 157 cm³/mol. The van der Waals surface area contributed by atoms with Crippen LogP contribution in [-0.4, -0.2) is 71.4 Å². The second-order valence-corrected chi connectivity index (χ2v) is 11.0. The normalized spacial score (nSPS) is 20.0. The molecule has 12 nitrogen and oxygen atoms in total. The third-order valence-corrected chi connectivity index (χ3v) is 8.46. The molecular formula is C29H39N9O3. The van der Waals surface area contributed by atoms with E-state index in [9.17, 15) is 4.79 Å². The summed E-state index contributed by atoms with van der Waals surface area (Å²) in [6, 6.07) is 6.21. The number of nitrogens with one attached hydrogen (secondary N) is 3. The van der Waals surface area contributed by atoms with Crippen LogP contribution in [0.5, 0.6) is 5.75 Å². The number of carbonyl (C=O) groups is 1. The Morgan fingerprint density at radius 3 is 2.71 bits per heavy atom. The third-order valence-electron chi connectivity index (χ3n) is 8.46. The van der Waals surface area contributed by atoms with Gasteiger partial charge in [-0.05, 0) is 63.4 Å². The summed E-state index contributed by atoms with van der Waals surface area (Å²) in [5, 5.41) is 18.7. The van der Waals surface area contributed by atoms with Crippen LogP contribution in [0.15, 0.2) is 28.8 Å². The van der Waals surface area contributed by atoms with Gasteiger partial charge in [-0.25, -0.2) is 4.98 Å². The first-order chi connectivity index (χ1) is 20.1. The number of carbonyl (C=O) groups excluding carboxylic acids is 1. The smallest absolute Gasteiger partial charge is 0.249 e. The molecule has 3 aromatic rings. The number of aromatic nitrogens is 4. The fourth-order valence-corrected chi connectivity index (χ4v) is 6.19. The third kappa shape index (κ3) is 5.58. The molecule has 1 amide bonds. The van der Waals surface area contributed by atoms with Crippen molar-refractivity contribution in [1.29, 1.82) is 0 Å². The average Bonchev–Trinajstić information content (AvgIpc) is 3.71. The van der Waals surface area contributed by atoms with Crippen molar-refractivity contribution in [2.24, 2.45) is 0 Å². The maximum atomic E-state index is 13.2. The summed E-state index contributed by atoms with van der Waals surface area (Å²) in [4.78, 5) is 26.6. The molecule has 4 heterocycles. The van der Waals surface area contributed by atoms with Crippen molar-refractivity contribution < 1.29 is 13.9 Å². The Kier molecular flexibility index (Phi) is 8.02. The summed E-state index contributed by atoms with van der Waals surface area (Å²) in [6.45, 7) is 4.66. The van der Waals surface area contributed by atoms with Gasteiger partial charge in [-0.3, -0.25) is 4.79 Å². The maximum Gasteiger partial charge on any atom is 0.249 e. The second-order valence-electron chi connectivity index (χ2n) is 11.0. The van der Waals surface area contributed by atoms with Crippen molar-refractivity contribution in [3.05, 3.63) is 30.3 Å². The molecule has 218 valence electrons. The number of benzene rings is 1. The minimum absolute atomic E-state index is 0.0970. The van der Waals surface area contributed by atoms with Gasteiger partial charge in [0.05, 0.1) is 25.5 Å². The van der Waals surface area contributed by atoms with Gasteiger partial charge < -0.3 is 34.9 Å². The van der Waals surface area contributed by atoms with E-state index in [1.807, 2.05) is 18.2 Å². The Hall–Kier alpha value is -3.77. The lowest BCUT2D eigenvalue weighted by Crippen LogP contribution is -2.55. The van der Waals surface area contributed by atoms with Crippen LogP contribution < -0.4 is 30.5 Å². The van der Waals surface area contributed by atoms with Crippen LogP contribution in [0.4, 0.5) is 23.1 Å². The van der Waals surface area contributed by atoms with Gasteiger partial charge in [0.2, 0.25) is 23.6 Å². The fourth-order valence-electron chi connectivity index (χ4n) is 6.19. The van der Waals surface area contributed by atoms with E-state index in [0.717, 1.165) is 62.3 Å². The molecule has 6 rings (SSSR count). The Morgan fingerprint density at radius 1 is 1.15 bits per heavy atom. The zero-order valence-corrected chi connectivity index (χ0v) is 24.0. The Bertz CT molecular complexity index is 1370. The number of ether oxygens (including phenoxy) is 1. The number of fused-ring (bicyclic) bond motifs is 1. The number of hydrogen-bond donors (Lipinski definition) is 3. The molecule has 3 N–H and O–H groups in total. The van der Waals surface area contributed by atoms with Gasteiger partial charge in [-0.1, -0.05) is 19.8 Å². The van der Waals surface area contributed by atoms with E-state index in [-0.39, 0.29) is 11.9 Å². The molecule has 2 aliphatic heterocycles. The van der Waals surface area contributed by atoms with Gasteiger partial charge in [-0.2, -0.15) is 4.98 Å². The number of anilines is 4. The van der Waals surface area contributed by atoms with Crippen LogP contribution in [0, 0.1) is 0 Å². The summed E-state index contributed by atoms with van der Waals surface area (Å²) in [5.41, 5.74) is 2.21. The maximum absolute atomic E-state index is 13.2. The SMILES string of the molecule is CC[C@@H]1C(=O)N(C)c2cnc(Nc3ccc(-c4nnc(CNC5CCNCC5)o4)cc3OC)nc2N1C1CCCC1. The molecule has 1 saturated heterocycles. The number of likely N-dealkylation sites (N-methyl/N-ethyl adjacent to an activating group) is 1. The van der Waals surface area contributed by atoms with Crippen LogP contribution >= 0.6 is 0 Å². The molecule has 3 aliphatic rings. The largest absolute Gasteiger partial charge is 0.495 e. The molecular weight excluding hydrogens is 522 g/mol. The monoisotopic (exact) mass is 561 g/mol. The number of methoxy groups -OCH3 is 1. The number of piperidine rings is 1. The van der Waals surface area contributed by atoms with Gasteiger partial charge in [0.15, 0.2) is 5.82 Å². The first-order valence-electron chi connectivity index (χ1n) is 14.7. The summed E-state index contributed by atoms with van der Waals surface area (Å²) in [6.07, 6.45) is 9.13. The summed E-state index contributed by atoms with van der Waals surface area (Å²) < 4.78 is 11.6. The highest BCUT2D eigenvalue weighted by Gasteiger charge is 2.41. The lowest BCUT2D eigenvalue weighted by molar-refractivity contribution is -0.120. The number of nitrogens with zero attached hydrogens (tertiary/aromatic N) is 6.